The number of para-hydroxylation sites is 1. The summed E-state index contributed by atoms with van der Waals surface area (Å²) in [6, 6.07) is 10.8. The van der Waals surface area contributed by atoms with Crippen LogP contribution in [0.2, 0.25) is 5.02 Å². The van der Waals surface area contributed by atoms with Crippen LogP contribution in [0.4, 0.5) is 24.5 Å². The third-order valence-corrected chi connectivity index (χ3v) is 3.97. The number of alkyl halides is 3. The van der Waals surface area contributed by atoms with Crippen molar-refractivity contribution in [1.82, 2.24) is 0 Å². The molecule has 0 radical (unpaired) electrons. The molecule has 8 heteroatoms. The van der Waals surface area contributed by atoms with E-state index in [-0.39, 0.29) is 0 Å². The summed E-state index contributed by atoms with van der Waals surface area (Å²) in [5.41, 5.74) is -2.59. The smallest absolute Gasteiger partial charge is 0.325 e. The first-order valence-corrected chi connectivity index (χ1v) is 7.94. The van der Waals surface area contributed by atoms with E-state index in [0.717, 1.165) is 12.1 Å². The van der Waals surface area contributed by atoms with Gasteiger partial charge in [0.15, 0.2) is 0 Å². The Morgan fingerprint density at radius 1 is 0.885 bits per heavy atom. The Labute approximate surface area is 153 Å². The lowest BCUT2D eigenvalue weighted by Crippen LogP contribution is -2.41. The van der Waals surface area contributed by atoms with Gasteiger partial charge in [-0.3, -0.25) is 9.59 Å². The molecule has 0 aliphatic rings. The van der Waals surface area contributed by atoms with Crippen molar-refractivity contribution in [2.45, 2.75) is 20.0 Å². The van der Waals surface area contributed by atoms with Crippen LogP contribution >= 0.6 is 11.6 Å². The molecule has 0 aliphatic heterocycles. The zero-order chi connectivity index (χ0) is 19.5. The van der Waals surface area contributed by atoms with Gasteiger partial charge in [0.2, 0.25) is 11.8 Å². The van der Waals surface area contributed by atoms with Gasteiger partial charge in [-0.15, -0.1) is 0 Å². The molecule has 0 aromatic heterocycles. The number of anilines is 2. The monoisotopic (exact) mass is 384 g/mol. The van der Waals surface area contributed by atoms with E-state index in [1.54, 1.807) is 24.3 Å². The van der Waals surface area contributed by atoms with Gasteiger partial charge < -0.3 is 10.6 Å². The van der Waals surface area contributed by atoms with Gasteiger partial charge in [0, 0.05) is 10.7 Å². The number of halogens is 4. The summed E-state index contributed by atoms with van der Waals surface area (Å²) in [4.78, 5) is 24.8. The van der Waals surface area contributed by atoms with E-state index in [4.69, 9.17) is 11.6 Å². The molecule has 2 aromatic rings. The minimum atomic E-state index is -4.63. The number of hydrogen-bond donors (Lipinski definition) is 2. The first-order chi connectivity index (χ1) is 12.0. The minimum Gasteiger partial charge on any atom is -0.325 e. The average molecular weight is 385 g/mol. The van der Waals surface area contributed by atoms with E-state index < -0.39 is 34.7 Å². The number of hydrogen-bond acceptors (Lipinski definition) is 2. The van der Waals surface area contributed by atoms with E-state index >= 15 is 0 Å². The second-order valence-corrected chi connectivity index (χ2v) is 6.52. The quantitative estimate of drug-likeness (QED) is 0.732. The van der Waals surface area contributed by atoms with Crippen molar-refractivity contribution in [3.63, 3.8) is 0 Å². The number of benzene rings is 2. The second kappa shape index (κ2) is 7.37. The van der Waals surface area contributed by atoms with Crippen LogP contribution in [0.15, 0.2) is 48.5 Å². The van der Waals surface area contributed by atoms with Gasteiger partial charge in [-0.2, -0.15) is 13.2 Å². The van der Waals surface area contributed by atoms with Crippen LogP contribution in [0.5, 0.6) is 0 Å². The molecule has 2 amide bonds. The zero-order valence-electron chi connectivity index (χ0n) is 13.9. The molecular formula is C18H16ClF3N2O2. The summed E-state index contributed by atoms with van der Waals surface area (Å²) in [6.07, 6.45) is -4.63. The summed E-state index contributed by atoms with van der Waals surface area (Å²) in [6.45, 7) is 2.65. The predicted octanol–water partition coefficient (Wildman–Crippen LogP) is 4.96. The third kappa shape index (κ3) is 4.54. The third-order valence-electron chi connectivity index (χ3n) is 3.72. The van der Waals surface area contributed by atoms with Gasteiger partial charge in [0.05, 0.1) is 11.3 Å². The molecule has 0 bridgehead atoms. The zero-order valence-corrected chi connectivity index (χ0v) is 14.7. The van der Waals surface area contributed by atoms with Crippen molar-refractivity contribution in [3.8, 4) is 0 Å². The van der Waals surface area contributed by atoms with E-state index in [2.05, 4.69) is 10.6 Å². The van der Waals surface area contributed by atoms with Crippen molar-refractivity contribution < 1.29 is 22.8 Å². The van der Waals surface area contributed by atoms with Gasteiger partial charge in [-0.05, 0) is 50.2 Å². The molecule has 0 saturated heterocycles. The molecule has 138 valence electrons. The Balaban J connectivity index is 2.17. The Bertz CT molecular complexity index is 818. The first kappa shape index (κ1) is 19.8. The lowest BCUT2D eigenvalue weighted by Gasteiger charge is -2.24. The largest absolute Gasteiger partial charge is 0.418 e. The summed E-state index contributed by atoms with van der Waals surface area (Å²) in [5, 5.41) is 5.21. The molecule has 0 heterocycles. The maximum Gasteiger partial charge on any atom is 0.418 e. The highest BCUT2D eigenvalue weighted by molar-refractivity contribution is 6.30. The number of carbonyl (C=O) groups excluding carboxylic acids is 2. The molecule has 2 aromatic carbocycles. The number of nitrogens with one attached hydrogen (secondary N) is 2. The molecule has 2 rings (SSSR count). The van der Waals surface area contributed by atoms with Gasteiger partial charge in [0.25, 0.3) is 0 Å². The molecule has 26 heavy (non-hydrogen) atoms. The fourth-order valence-electron chi connectivity index (χ4n) is 2.04. The number of carbonyl (C=O) groups is 2. The molecule has 0 fully saturated rings. The van der Waals surface area contributed by atoms with Gasteiger partial charge in [-0.1, -0.05) is 23.7 Å². The van der Waals surface area contributed by atoms with Crippen LogP contribution in [0.1, 0.15) is 19.4 Å². The number of amides is 2. The van der Waals surface area contributed by atoms with Crippen molar-refractivity contribution in [2.24, 2.45) is 5.41 Å². The molecular weight excluding hydrogens is 369 g/mol. The van der Waals surface area contributed by atoms with Crippen molar-refractivity contribution in [1.29, 1.82) is 0 Å². The van der Waals surface area contributed by atoms with Crippen molar-refractivity contribution in [2.75, 3.05) is 10.6 Å². The molecule has 4 nitrogen and oxygen atoms in total. The Hall–Kier alpha value is -2.54. The Kier molecular flexibility index (Phi) is 5.61. The van der Waals surface area contributed by atoms with E-state index in [1.165, 1.54) is 26.0 Å². The van der Waals surface area contributed by atoms with E-state index in [0.29, 0.717) is 10.7 Å². The summed E-state index contributed by atoms with van der Waals surface area (Å²) >= 11 is 5.76. The van der Waals surface area contributed by atoms with Gasteiger partial charge in [0.1, 0.15) is 5.41 Å². The van der Waals surface area contributed by atoms with Crippen molar-refractivity contribution >= 4 is 34.8 Å². The van der Waals surface area contributed by atoms with Gasteiger partial charge >= 0.3 is 6.18 Å². The van der Waals surface area contributed by atoms with Crippen molar-refractivity contribution in [3.05, 3.63) is 59.1 Å². The lowest BCUT2D eigenvalue weighted by molar-refractivity contribution is -0.137. The maximum absolute atomic E-state index is 13.0. The van der Waals surface area contributed by atoms with E-state index in [9.17, 15) is 22.8 Å². The molecule has 0 unspecified atom stereocenters. The SMILES string of the molecule is CC(C)(C(=O)Nc1ccc(Cl)cc1)C(=O)Nc1ccccc1C(F)(F)F. The lowest BCUT2D eigenvalue weighted by atomic mass is 9.90. The maximum atomic E-state index is 13.0. The highest BCUT2D eigenvalue weighted by Crippen LogP contribution is 2.35. The van der Waals surface area contributed by atoms with Crippen LogP contribution in [-0.2, 0) is 15.8 Å². The second-order valence-electron chi connectivity index (χ2n) is 6.08. The van der Waals surface area contributed by atoms with Crippen LogP contribution < -0.4 is 10.6 Å². The van der Waals surface area contributed by atoms with Crippen LogP contribution in [-0.4, -0.2) is 11.8 Å². The first-order valence-electron chi connectivity index (χ1n) is 7.56. The molecule has 0 atom stereocenters. The fraction of sp³-hybridized carbons (Fsp3) is 0.222. The molecule has 0 saturated carbocycles. The standard InChI is InChI=1S/C18H16ClF3N2O2/c1-17(2,15(25)23-12-9-7-11(19)8-10-12)16(26)24-14-6-4-3-5-13(14)18(20,21)22/h3-10H,1-2H3,(H,23,25)(H,24,26). The molecule has 0 aliphatic carbocycles. The average Bonchev–Trinajstić information content (AvgIpc) is 2.56. The van der Waals surface area contributed by atoms with Gasteiger partial charge in [-0.25, -0.2) is 0 Å². The van der Waals surface area contributed by atoms with Crippen LogP contribution in [0.25, 0.3) is 0 Å². The molecule has 2 N–H and O–H groups in total. The number of rotatable bonds is 4. The normalized spacial score (nSPS) is 11.8. The minimum absolute atomic E-state index is 0.405. The summed E-state index contributed by atoms with van der Waals surface area (Å²) in [7, 11) is 0. The summed E-state index contributed by atoms with van der Waals surface area (Å²) < 4.78 is 39.1. The Morgan fingerprint density at radius 2 is 1.42 bits per heavy atom. The topological polar surface area (TPSA) is 58.2 Å². The highest BCUT2D eigenvalue weighted by Gasteiger charge is 2.38. The predicted molar refractivity (Wildman–Crippen MR) is 93.9 cm³/mol. The highest BCUT2D eigenvalue weighted by atomic mass is 35.5. The Morgan fingerprint density at radius 3 is 2.00 bits per heavy atom. The van der Waals surface area contributed by atoms with Crippen LogP contribution in [0, 0.1) is 5.41 Å². The van der Waals surface area contributed by atoms with E-state index in [1.807, 2.05) is 0 Å². The van der Waals surface area contributed by atoms with Crippen LogP contribution in [0.3, 0.4) is 0 Å². The molecule has 0 spiro atoms. The summed E-state index contributed by atoms with van der Waals surface area (Å²) in [5.74, 6) is -1.53. The fourth-order valence-corrected chi connectivity index (χ4v) is 2.17.